The number of halogens is 2. The smallest absolute Gasteiger partial charge is 0.283 e. The predicted molar refractivity (Wildman–Crippen MR) is 109 cm³/mol. The van der Waals surface area contributed by atoms with Crippen molar-refractivity contribution in [1.82, 2.24) is 4.57 Å². The monoisotopic (exact) mass is 424 g/mol. The maximum Gasteiger partial charge on any atom is 0.283 e. The third-order valence-electron chi connectivity index (χ3n) is 3.93. The SMILES string of the molecule is CCOCCn1c(=NC(=O)c2ccccc2OC)sc2ccc(Cl)c(Cl)c21. The number of methoxy groups -OCH3 is 1. The average molecular weight is 425 g/mol. The van der Waals surface area contributed by atoms with Crippen molar-refractivity contribution in [3.63, 3.8) is 0 Å². The van der Waals surface area contributed by atoms with Crippen LogP contribution in [0.4, 0.5) is 0 Å². The van der Waals surface area contributed by atoms with Crippen molar-refractivity contribution in [3.05, 3.63) is 56.8 Å². The highest BCUT2D eigenvalue weighted by atomic mass is 35.5. The summed E-state index contributed by atoms with van der Waals surface area (Å²) in [7, 11) is 1.52. The lowest BCUT2D eigenvalue weighted by Gasteiger charge is -2.08. The molecule has 0 radical (unpaired) electrons. The van der Waals surface area contributed by atoms with E-state index in [9.17, 15) is 4.79 Å². The first-order valence-corrected chi connectivity index (χ1v) is 9.91. The summed E-state index contributed by atoms with van der Waals surface area (Å²) in [5.74, 6) is 0.0979. The molecule has 0 spiro atoms. The van der Waals surface area contributed by atoms with Gasteiger partial charge in [-0.05, 0) is 31.2 Å². The number of benzene rings is 2. The van der Waals surface area contributed by atoms with Gasteiger partial charge in [0.2, 0.25) is 0 Å². The van der Waals surface area contributed by atoms with Crippen LogP contribution in [-0.2, 0) is 11.3 Å². The molecule has 0 aliphatic rings. The molecule has 0 unspecified atom stereocenters. The van der Waals surface area contributed by atoms with Gasteiger partial charge in [-0.3, -0.25) is 4.79 Å². The molecule has 3 rings (SSSR count). The predicted octanol–water partition coefficient (Wildman–Crippen LogP) is 4.80. The van der Waals surface area contributed by atoms with E-state index < -0.39 is 0 Å². The van der Waals surface area contributed by atoms with E-state index in [-0.39, 0.29) is 5.91 Å². The number of hydrogen-bond acceptors (Lipinski definition) is 4. The number of aromatic nitrogens is 1. The van der Waals surface area contributed by atoms with E-state index in [1.165, 1.54) is 18.4 Å². The van der Waals surface area contributed by atoms with E-state index in [1.807, 2.05) is 17.6 Å². The second kappa shape index (κ2) is 8.89. The largest absolute Gasteiger partial charge is 0.496 e. The topological polar surface area (TPSA) is 52.8 Å². The highest BCUT2D eigenvalue weighted by Gasteiger charge is 2.15. The molecule has 1 amide bonds. The van der Waals surface area contributed by atoms with Crippen LogP contribution in [0.5, 0.6) is 5.75 Å². The van der Waals surface area contributed by atoms with Gasteiger partial charge < -0.3 is 14.0 Å². The Balaban J connectivity index is 2.14. The van der Waals surface area contributed by atoms with Crippen LogP contribution in [-0.4, -0.2) is 30.8 Å². The summed E-state index contributed by atoms with van der Waals surface area (Å²) in [5, 5.41) is 0.892. The third kappa shape index (κ3) is 4.19. The molecule has 142 valence electrons. The Kier molecular flexibility index (Phi) is 6.55. The van der Waals surface area contributed by atoms with Crippen molar-refractivity contribution in [2.75, 3.05) is 20.3 Å². The average Bonchev–Trinajstić information content (AvgIpc) is 3.02. The molecule has 0 saturated carbocycles. The molecule has 5 nitrogen and oxygen atoms in total. The van der Waals surface area contributed by atoms with Crippen molar-refractivity contribution >= 4 is 50.7 Å². The molecular formula is C19H18Cl2N2O3S. The van der Waals surface area contributed by atoms with Crippen molar-refractivity contribution < 1.29 is 14.3 Å². The first-order chi connectivity index (χ1) is 13.1. The molecular weight excluding hydrogens is 407 g/mol. The number of amides is 1. The van der Waals surface area contributed by atoms with Crippen LogP contribution in [0.15, 0.2) is 41.4 Å². The van der Waals surface area contributed by atoms with Gasteiger partial charge in [-0.25, -0.2) is 0 Å². The van der Waals surface area contributed by atoms with E-state index >= 15 is 0 Å². The van der Waals surface area contributed by atoms with Gasteiger partial charge in [0.1, 0.15) is 5.75 Å². The lowest BCUT2D eigenvalue weighted by Crippen LogP contribution is -2.20. The minimum atomic E-state index is -0.383. The fourth-order valence-electron chi connectivity index (χ4n) is 2.66. The number of rotatable bonds is 6. The fourth-order valence-corrected chi connectivity index (χ4v) is 4.20. The van der Waals surface area contributed by atoms with E-state index in [4.69, 9.17) is 32.7 Å². The number of ether oxygens (including phenoxy) is 2. The molecule has 0 bridgehead atoms. The quantitative estimate of drug-likeness (QED) is 0.534. The number of hydrogen-bond donors (Lipinski definition) is 0. The Hall–Kier alpha value is -1.86. The summed E-state index contributed by atoms with van der Waals surface area (Å²) < 4.78 is 13.5. The van der Waals surface area contributed by atoms with Crippen LogP contribution in [0.2, 0.25) is 10.0 Å². The maximum absolute atomic E-state index is 12.8. The zero-order valence-corrected chi connectivity index (χ0v) is 17.2. The van der Waals surface area contributed by atoms with E-state index in [1.54, 1.807) is 30.3 Å². The van der Waals surface area contributed by atoms with Crippen LogP contribution >= 0.6 is 34.5 Å². The van der Waals surface area contributed by atoms with Crippen LogP contribution < -0.4 is 9.54 Å². The molecule has 1 heterocycles. The highest BCUT2D eigenvalue weighted by Crippen LogP contribution is 2.32. The van der Waals surface area contributed by atoms with Gasteiger partial charge in [-0.1, -0.05) is 46.7 Å². The van der Waals surface area contributed by atoms with Gasteiger partial charge in [-0.15, -0.1) is 0 Å². The van der Waals surface area contributed by atoms with Gasteiger partial charge in [0.05, 0.1) is 39.5 Å². The number of nitrogens with zero attached hydrogens (tertiary/aromatic N) is 2. The molecule has 0 aliphatic carbocycles. The molecule has 0 atom stereocenters. The van der Waals surface area contributed by atoms with Gasteiger partial charge >= 0.3 is 0 Å². The molecule has 0 aliphatic heterocycles. The number of thiazole rings is 1. The van der Waals surface area contributed by atoms with Crippen molar-refractivity contribution in [1.29, 1.82) is 0 Å². The molecule has 8 heteroatoms. The maximum atomic E-state index is 12.8. The van der Waals surface area contributed by atoms with Gasteiger partial charge in [-0.2, -0.15) is 4.99 Å². The first kappa shape index (κ1) is 19.9. The van der Waals surface area contributed by atoms with Crippen molar-refractivity contribution in [3.8, 4) is 5.75 Å². The molecule has 2 aromatic carbocycles. The Morgan fingerprint density at radius 2 is 2.00 bits per heavy atom. The molecule has 3 aromatic rings. The fraction of sp³-hybridized carbons (Fsp3) is 0.263. The second-order valence-corrected chi connectivity index (χ2v) is 7.35. The van der Waals surface area contributed by atoms with E-state index in [2.05, 4.69) is 4.99 Å². The second-order valence-electron chi connectivity index (χ2n) is 5.56. The highest BCUT2D eigenvalue weighted by molar-refractivity contribution is 7.16. The van der Waals surface area contributed by atoms with E-state index in [0.29, 0.717) is 45.9 Å². The molecule has 0 N–H and O–H groups in total. The summed E-state index contributed by atoms with van der Waals surface area (Å²) >= 11 is 14.0. The summed E-state index contributed by atoms with van der Waals surface area (Å²) in [5.41, 5.74) is 1.15. The van der Waals surface area contributed by atoms with Crippen LogP contribution in [0, 0.1) is 0 Å². The van der Waals surface area contributed by atoms with Gasteiger partial charge in [0, 0.05) is 13.2 Å². The molecule has 0 fully saturated rings. The van der Waals surface area contributed by atoms with Gasteiger partial charge in [0.15, 0.2) is 4.80 Å². The van der Waals surface area contributed by atoms with E-state index in [0.717, 1.165) is 10.2 Å². The summed E-state index contributed by atoms with van der Waals surface area (Å²) in [6.45, 7) is 3.51. The summed E-state index contributed by atoms with van der Waals surface area (Å²) in [6.07, 6.45) is 0. The summed E-state index contributed by atoms with van der Waals surface area (Å²) in [6, 6.07) is 10.6. The lowest BCUT2D eigenvalue weighted by molar-refractivity contribution is 0.0993. The zero-order valence-electron chi connectivity index (χ0n) is 14.9. The Labute approximate surface area is 170 Å². The Bertz CT molecular complexity index is 1040. The lowest BCUT2D eigenvalue weighted by atomic mass is 10.2. The van der Waals surface area contributed by atoms with Crippen LogP contribution in [0.1, 0.15) is 17.3 Å². The number of fused-ring (bicyclic) bond motifs is 1. The van der Waals surface area contributed by atoms with Crippen molar-refractivity contribution in [2.45, 2.75) is 13.5 Å². The number of carbonyl (C=O) groups excluding carboxylic acids is 1. The molecule has 1 aromatic heterocycles. The Morgan fingerprint density at radius 1 is 1.22 bits per heavy atom. The molecule has 27 heavy (non-hydrogen) atoms. The van der Waals surface area contributed by atoms with Gasteiger partial charge in [0.25, 0.3) is 5.91 Å². The zero-order chi connectivity index (χ0) is 19.4. The van der Waals surface area contributed by atoms with Crippen LogP contribution in [0.25, 0.3) is 10.2 Å². The van der Waals surface area contributed by atoms with Crippen molar-refractivity contribution in [2.24, 2.45) is 4.99 Å². The molecule has 0 saturated heterocycles. The first-order valence-electron chi connectivity index (χ1n) is 8.34. The normalized spacial score (nSPS) is 11.9. The minimum Gasteiger partial charge on any atom is -0.496 e. The third-order valence-corrected chi connectivity index (χ3v) is 5.77. The number of para-hydroxylation sites is 1. The minimum absolute atomic E-state index is 0.383. The standard InChI is InChI=1S/C19H18Cl2N2O3S/c1-3-26-11-10-23-17-15(9-8-13(20)16(17)21)27-19(23)22-18(24)12-6-4-5-7-14(12)25-2/h4-9H,3,10-11H2,1-2H3. The Morgan fingerprint density at radius 3 is 2.74 bits per heavy atom. The summed E-state index contributed by atoms with van der Waals surface area (Å²) in [4.78, 5) is 17.6. The van der Waals surface area contributed by atoms with Crippen LogP contribution in [0.3, 0.4) is 0 Å². The number of carbonyl (C=O) groups is 1.